The molecule has 0 radical (unpaired) electrons. The summed E-state index contributed by atoms with van der Waals surface area (Å²) in [5.41, 5.74) is 6.84. The number of pyridine rings is 2. The van der Waals surface area contributed by atoms with Crippen LogP contribution in [0.2, 0.25) is 0 Å². The zero-order chi connectivity index (χ0) is 29.1. The summed E-state index contributed by atoms with van der Waals surface area (Å²) in [6.45, 7) is 0.474. The number of rotatable bonds is 10. The van der Waals surface area contributed by atoms with Gasteiger partial charge in [-0.3, -0.25) is 14.6 Å². The van der Waals surface area contributed by atoms with E-state index in [9.17, 15) is 14.4 Å². The molecule has 2 aromatic heterocycles. The Labute approximate surface area is 233 Å². The summed E-state index contributed by atoms with van der Waals surface area (Å²) in [6.07, 6.45) is 1.33. The highest BCUT2D eigenvalue weighted by atomic mass is 16.7. The molecule has 1 aliphatic heterocycles. The number of fused-ring (bicyclic) bond motifs is 6. The standard InChI is InChI=1S/C28H30N4O9/c1-31(7-9-38-25(34)4-3-8-33)28(36)41-24-11-17-16(10-21(24)37-2)19-14-30-20-13-23-22(39-15-40-23)12-18(20)26(19)32(6-5-29)27(17)35/h10-14,33H,3-9,15,29H2,1-2H3. The summed E-state index contributed by atoms with van der Waals surface area (Å²) in [7, 11) is 2.92. The second kappa shape index (κ2) is 11.9. The van der Waals surface area contributed by atoms with Gasteiger partial charge < -0.3 is 44.0 Å². The van der Waals surface area contributed by atoms with Gasteiger partial charge in [-0.15, -0.1) is 0 Å². The molecule has 1 amide bonds. The minimum atomic E-state index is -0.735. The van der Waals surface area contributed by atoms with E-state index < -0.39 is 12.1 Å². The molecular weight excluding hydrogens is 536 g/mol. The first-order valence-corrected chi connectivity index (χ1v) is 13.0. The van der Waals surface area contributed by atoms with Crippen molar-refractivity contribution in [3.8, 4) is 23.0 Å². The van der Waals surface area contributed by atoms with Crippen molar-refractivity contribution in [3.05, 3.63) is 40.8 Å². The van der Waals surface area contributed by atoms with Crippen LogP contribution >= 0.6 is 0 Å². The van der Waals surface area contributed by atoms with Crippen molar-refractivity contribution in [2.24, 2.45) is 5.73 Å². The predicted octanol–water partition coefficient (Wildman–Crippen LogP) is 2.15. The van der Waals surface area contributed by atoms with Crippen LogP contribution in [0, 0.1) is 0 Å². The summed E-state index contributed by atoms with van der Waals surface area (Å²) in [5.74, 6) is 0.950. The van der Waals surface area contributed by atoms with E-state index >= 15 is 0 Å². The number of esters is 1. The molecule has 3 N–H and O–H groups in total. The van der Waals surface area contributed by atoms with Crippen LogP contribution in [0.1, 0.15) is 12.8 Å². The maximum Gasteiger partial charge on any atom is 0.415 e. The van der Waals surface area contributed by atoms with E-state index in [0.29, 0.717) is 45.1 Å². The van der Waals surface area contributed by atoms with E-state index in [1.165, 1.54) is 25.1 Å². The van der Waals surface area contributed by atoms with Gasteiger partial charge in [0.1, 0.15) is 6.61 Å². The monoisotopic (exact) mass is 566 g/mol. The van der Waals surface area contributed by atoms with Gasteiger partial charge in [-0.2, -0.15) is 0 Å². The first-order chi connectivity index (χ1) is 19.9. The van der Waals surface area contributed by atoms with Crippen LogP contribution in [0.4, 0.5) is 4.79 Å². The molecule has 41 heavy (non-hydrogen) atoms. The molecule has 0 unspecified atom stereocenters. The number of aromatic nitrogens is 2. The normalized spacial score (nSPS) is 12.2. The average molecular weight is 567 g/mol. The molecule has 0 saturated heterocycles. The van der Waals surface area contributed by atoms with Gasteiger partial charge in [0.25, 0.3) is 5.56 Å². The number of hydrogen-bond donors (Lipinski definition) is 2. The fraction of sp³-hybridized carbons (Fsp3) is 0.357. The first-order valence-electron chi connectivity index (χ1n) is 13.0. The number of ether oxygens (including phenoxy) is 5. The lowest BCUT2D eigenvalue weighted by Gasteiger charge is -2.19. The Morgan fingerprint density at radius 2 is 1.85 bits per heavy atom. The lowest BCUT2D eigenvalue weighted by molar-refractivity contribution is -0.144. The molecule has 0 saturated carbocycles. The van der Waals surface area contributed by atoms with Crippen molar-refractivity contribution in [1.82, 2.24) is 14.5 Å². The number of aliphatic hydroxyl groups excluding tert-OH is 1. The highest BCUT2D eigenvalue weighted by Crippen LogP contribution is 2.40. The Bertz CT molecular complexity index is 1700. The van der Waals surface area contributed by atoms with Crippen LogP contribution < -0.4 is 30.2 Å². The number of likely N-dealkylation sites (N-methyl/N-ethyl adjacent to an activating group) is 1. The van der Waals surface area contributed by atoms with Crippen LogP contribution in [-0.2, 0) is 16.1 Å². The summed E-state index contributed by atoms with van der Waals surface area (Å²) in [6, 6.07) is 6.68. The van der Waals surface area contributed by atoms with Crippen LogP contribution in [0.3, 0.4) is 0 Å². The number of benzene rings is 2. The van der Waals surface area contributed by atoms with Crippen molar-refractivity contribution in [2.45, 2.75) is 19.4 Å². The van der Waals surface area contributed by atoms with Gasteiger partial charge in [0, 0.05) is 61.6 Å². The maximum absolute atomic E-state index is 13.8. The summed E-state index contributed by atoms with van der Waals surface area (Å²) >= 11 is 0. The van der Waals surface area contributed by atoms with Gasteiger partial charge in [0.15, 0.2) is 23.0 Å². The fourth-order valence-corrected chi connectivity index (χ4v) is 4.70. The molecule has 216 valence electrons. The maximum atomic E-state index is 13.8. The van der Waals surface area contributed by atoms with Gasteiger partial charge in [-0.05, 0) is 24.6 Å². The van der Waals surface area contributed by atoms with E-state index in [1.54, 1.807) is 29.0 Å². The third kappa shape index (κ3) is 5.41. The number of amides is 1. The predicted molar refractivity (Wildman–Crippen MR) is 149 cm³/mol. The van der Waals surface area contributed by atoms with Crippen molar-refractivity contribution >= 4 is 44.6 Å². The minimum Gasteiger partial charge on any atom is -0.493 e. The molecule has 3 heterocycles. The van der Waals surface area contributed by atoms with Crippen LogP contribution in [0.15, 0.2) is 35.3 Å². The third-order valence-corrected chi connectivity index (χ3v) is 6.76. The molecule has 0 aliphatic carbocycles. The topological polar surface area (TPSA) is 165 Å². The minimum absolute atomic E-state index is 0.0398. The lowest BCUT2D eigenvalue weighted by atomic mass is 10.0. The number of carbonyl (C=O) groups excluding carboxylic acids is 2. The van der Waals surface area contributed by atoms with E-state index in [1.807, 2.05) is 0 Å². The van der Waals surface area contributed by atoms with Gasteiger partial charge in [-0.25, -0.2) is 4.79 Å². The molecule has 13 heteroatoms. The van der Waals surface area contributed by atoms with Gasteiger partial charge in [0.2, 0.25) is 6.79 Å². The molecule has 0 bridgehead atoms. The summed E-state index contributed by atoms with van der Waals surface area (Å²) in [5, 5.41) is 11.0. The van der Waals surface area contributed by atoms with E-state index in [0.717, 1.165) is 0 Å². The molecule has 13 nitrogen and oxygen atoms in total. The number of hydrogen-bond acceptors (Lipinski definition) is 11. The van der Waals surface area contributed by atoms with Crippen molar-refractivity contribution in [2.75, 3.05) is 47.3 Å². The van der Waals surface area contributed by atoms with Crippen LogP contribution in [0.5, 0.6) is 23.0 Å². The van der Waals surface area contributed by atoms with Gasteiger partial charge in [-0.1, -0.05) is 0 Å². The molecule has 5 rings (SSSR count). The first kappa shape index (κ1) is 27.9. The molecule has 2 aromatic carbocycles. The molecule has 0 spiro atoms. The van der Waals surface area contributed by atoms with Crippen molar-refractivity contribution in [3.63, 3.8) is 0 Å². The molecule has 4 aromatic rings. The van der Waals surface area contributed by atoms with E-state index in [4.69, 9.17) is 34.5 Å². The Balaban J connectivity index is 1.52. The smallest absolute Gasteiger partial charge is 0.415 e. The zero-order valence-electron chi connectivity index (χ0n) is 22.7. The second-order valence-electron chi connectivity index (χ2n) is 9.37. The molecular formula is C28H30N4O9. The molecule has 1 aliphatic rings. The van der Waals surface area contributed by atoms with Gasteiger partial charge >= 0.3 is 12.1 Å². The van der Waals surface area contributed by atoms with Gasteiger partial charge in [0.05, 0.1) is 30.1 Å². The Morgan fingerprint density at radius 3 is 2.59 bits per heavy atom. The number of nitrogens with zero attached hydrogens (tertiary/aromatic N) is 3. The quantitative estimate of drug-likeness (QED) is 0.213. The Hall–Kier alpha value is -4.62. The zero-order valence-corrected chi connectivity index (χ0v) is 22.7. The number of nitrogens with two attached hydrogens (primary N) is 1. The van der Waals surface area contributed by atoms with Crippen molar-refractivity contribution < 1.29 is 38.4 Å². The number of carbonyl (C=O) groups is 2. The SMILES string of the molecule is COc1cc2c(cc1OC(=O)N(C)CCOC(=O)CCCO)c(=O)n(CCN)c1c3cc4c(cc3ncc21)OCO4. The largest absolute Gasteiger partial charge is 0.493 e. The van der Waals surface area contributed by atoms with Crippen LogP contribution in [-0.4, -0.2) is 78.9 Å². The number of methoxy groups -OCH3 is 1. The Morgan fingerprint density at radius 1 is 1.10 bits per heavy atom. The van der Waals surface area contributed by atoms with Crippen LogP contribution in [0.25, 0.3) is 32.6 Å². The average Bonchev–Trinajstić information content (AvgIpc) is 3.43. The van der Waals surface area contributed by atoms with E-state index in [-0.39, 0.29) is 68.5 Å². The second-order valence-corrected chi connectivity index (χ2v) is 9.37. The van der Waals surface area contributed by atoms with E-state index in [2.05, 4.69) is 4.98 Å². The number of aliphatic hydroxyl groups is 1. The highest BCUT2D eigenvalue weighted by molar-refractivity contribution is 6.15. The highest BCUT2D eigenvalue weighted by Gasteiger charge is 2.22. The summed E-state index contributed by atoms with van der Waals surface area (Å²) < 4.78 is 28.8. The molecule has 0 fully saturated rings. The molecule has 0 atom stereocenters. The van der Waals surface area contributed by atoms with Crippen molar-refractivity contribution in [1.29, 1.82) is 0 Å². The third-order valence-electron chi connectivity index (χ3n) is 6.76. The fourth-order valence-electron chi connectivity index (χ4n) is 4.70. The Kier molecular flexibility index (Phi) is 8.08. The lowest BCUT2D eigenvalue weighted by Crippen LogP contribution is -2.33. The summed E-state index contributed by atoms with van der Waals surface area (Å²) in [4.78, 5) is 44.1.